The molecule has 0 spiro atoms. The highest BCUT2D eigenvalue weighted by Crippen LogP contribution is 2.20. The van der Waals surface area contributed by atoms with Gasteiger partial charge in [0.05, 0.1) is 25.1 Å². The fourth-order valence-electron chi connectivity index (χ4n) is 2.06. The lowest BCUT2D eigenvalue weighted by Gasteiger charge is -2.34. The van der Waals surface area contributed by atoms with Gasteiger partial charge in [0.15, 0.2) is 0 Å². The van der Waals surface area contributed by atoms with Crippen LogP contribution in [0.2, 0.25) is 0 Å². The van der Waals surface area contributed by atoms with Crippen molar-refractivity contribution in [3.05, 3.63) is 24.3 Å². The number of imide groups is 1. The van der Waals surface area contributed by atoms with Crippen LogP contribution in [0, 0.1) is 17.2 Å². The zero-order valence-electron chi connectivity index (χ0n) is 11.1. The van der Waals surface area contributed by atoms with E-state index in [2.05, 4.69) is 0 Å². The highest BCUT2D eigenvalue weighted by atomic mass is 16.3. The van der Waals surface area contributed by atoms with Crippen molar-refractivity contribution in [1.82, 2.24) is 4.90 Å². The fraction of sp³-hybridized carbons (Fsp3) is 0.357. The van der Waals surface area contributed by atoms with Crippen LogP contribution in [0.1, 0.15) is 6.92 Å². The van der Waals surface area contributed by atoms with Crippen molar-refractivity contribution >= 4 is 17.5 Å². The second-order valence-corrected chi connectivity index (χ2v) is 4.80. The average molecular weight is 273 g/mol. The molecule has 20 heavy (non-hydrogen) atoms. The van der Waals surface area contributed by atoms with E-state index >= 15 is 0 Å². The number of carbonyl (C=O) groups excluding carboxylic acids is 2. The molecule has 1 atom stereocenters. The quantitative estimate of drug-likeness (QED) is 0.820. The Balaban J connectivity index is 2.10. The summed E-state index contributed by atoms with van der Waals surface area (Å²) < 4.78 is 0. The predicted octanol–water partition coefficient (Wildman–Crippen LogP) is 0.727. The number of phenolic OH excluding ortho intramolecular Hbond substituents is 1. The van der Waals surface area contributed by atoms with Gasteiger partial charge in [-0.25, -0.2) is 0 Å². The maximum atomic E-state index is 12.0. The Kier molecular flexibility index (Phi) is 3.89. The molecule has 0 bridgehead atoms. The molecular formula is C14H15N3O3. The zero-order valence-corrected chi connectivity index (χ0v) is 11.1. The molecule has 0 aliphatic carbocycles. The van der Waals surface area contributed by atoms with Gasteiger partial charge in [-0.05, 0) is 31.2 Å². The summed E-state index contributed by atoms with van der Waals surface area (Å²) in [6.07, 6.45) is 0. The molecule has 0 saturated carbocycles. The minimum Gasteiger partial charge on any atom is -0.508 e. The molecule has 6 nitrogen and oxygen atoms in total. The molecule has 1 heterocycles. The fourth-order valence-corrected chi connectivity index (χ4v) is 2.06. The highest BCUT2D eigenvalue weighted by Gasteiger charge is 2.31. The van der Waals surface area contributed by atoms with Gasteiger partial charge >= 0.3 is 0 Å². The maximum Gasteiger partial charge on any atom is 0.248 e. The van der Waals surface area contributed by atoms with E-state index in [9.17, 15) is 14.7 Å². The lowest BCUT2D eigenvalue weighted by Crippen LogP contribution is -2.55. The highest BCUT2D eigenvalue weighted by molar-refractivity contribution is 6.02. The number of hydrogen-bond acceptors (Lipinski definition) is 5. The number of anilines is 1. The summed E-state index contributed by atoms with van der Waals surface area (Å²) in [6.45, 7) is 1.99. The number of rotatable bonds is 3. The molecule has 1 aromatic carbocycles. The summed E-state index contributed by atoms with van der Waals surface area (Å²) in [5.41, 5.74) is 0.706. The maximum absolute atomic E-state index is 12.0. The summed E-state index contributed by atoms with van der Waals surface area (Å²) in [5, 5.41) is 18.0. The van der Waals surface area contributed by atoms with Gasteiger partial charge < -0.3 is 10.0 Å². The van der Waals surface area contributed by atoms with Crippen LogP contribution in [0.4, 0.5) is 5.69 Å². The number of hydrogen-bond donors (Lipinski definition) is 1. The lowest BCUT2D eigenvalue weighted by atomic mass is 10.1. The Labute approximate surface area is 116 Å². The lowest BCUT2D eigenvalue weighted by molar-refractivity contribution is -0.145. The number of piperazine rings is 1. The average Bonchev–Trinajstić information content (AvgIpc) is 2.43. The van der Waals surface area contributed by atoms with E-state index in [0.717, 1.165) is 4.90 Å². The molecule has 1 aliphatic heterocycles. The van der Waals surface area contributed by atoms with Gasteiger partial charge in [-0.1, -0.05) is 0 Å². The Morgan fingerprint density at radius 2 is 1.80 bits per heavy atom. The van der Waals surface area contributed by atoms with Crippen LogP contribution >= 0.6 is 0 Å². The number of carbonyl (C=O) groups is 2. The number of nitriles is 1. The SMILES string of the molecule is CC(C#N)CN1C(=O)CN(c2ccc(O)cc2)CC1=O. The Hall–Kier alpha value is -2.55. The first-order chi connectivity index (χ1) is 9.51. The molecule has 1 unspecified atom stereocenters. The van der Waals surface area contributed by atoms with E-state index < -0.39 is 0 Å². The van der Waals surface area contributed by atoms with E-state index in [-0.39, 0.29) is 43.1 Å². The Morgan fingerprint density at radius 1 is 1.25 bits per heavy atom. The topological polar surface area (TPSA) is 84.6 Å². The summed E-state index contributed by atoms with van der Waals surface area (Å²) in [4.78, 5) is 26.8. The van der Waals surface area contributed by atoms with Crippen LogP contribution in [0.15, 0.2) is 24.3 Å². The molecule has 1 aliphatic rings. The van der Waals surface area contributed by atoms with Gasteiger partial charge in [-0.2, -0.15) is 5.26 Å². The number of phenols is 1. The third-order valence-corrected chi connectivity index (χ3v) is 3.15. The van der Waals surface area contributed by atoms with Crippen molar-refractivity contribution in [2.45, 2.75) is 6.92 Å². The largest absolute Gasteiger partial charge is 0.508 e. The molecule has 2 rings (SSSR count). The Morgan fingerprint density at radius 3 is 2.30 bits per heavy atom. The van der Waals surface area contributed by atoms with Crippen LogP contribution < -0.4 is 4.90 Å². The van der Waals surface area contributed by atoms with Gasteiger partial charge in [0.2, 0.25) is 11.8 Å². The van der Waals surface area contributed by atoms with Gasteiger partial charge in [0, 0.05) is 12.2 Å². The normalized spacial score (nSPS) is 17.0. The van der Waals surface area contributed by atoms with Crippen molar-refractivity contribution in [1.29, 1.82) is 5.26 Å². The van der Waals surface area contributed by atoms with Crippen LogP contribution in [-0.4, -0.2) is 41.5 Å². The number of benzene rings is 1. The summed E-state index contributed by atoms with van der Waals surface area (Å²) in [6, 6.07) is 8.34. The second kappa shape index (κ2) is 5.61. The second-order valence-electron chi connectivity index (χ2n) is 4.80. The third-order valence-electron chi connectivity index (χ3n) is 3.15. The monoisotopic (exact) mass is 273 g/mol. The number of aromatic hydroxyl groups is 1. The number of amides is 2. The molecule has 1 aromatic rings. The molecule has 6 heteroatoms. The minimum absolute atomic E-state index is 0.0919. The minimum atomic E-state index is -0.372. The predicted molar refractivity (Wildman–Crippen MR) is 71.8 cm³/mol. The first-order valence-electron chi connectivity index (χ1n) is 6.28. The molecule has 1 fully saturated rings. The molecule has 1 saturated heterocycles. The van der Waals surface area contributed by atoms with Crippen LogP contribution in [0.25, 0.3) is 0 Å². The molecule has 0 aromatic heterocycles. The van der Waals surface area contributed by atoms with Gasteiger partial charge in [-0.15, -0.1) is 0 Å². The van der Waals surface area contributed by atoms with Crippen molar-refractivity contribution in [3.63, 3.8) is 0 Å². The first-order valence-corrected chi connectivity index (χ1v) is 6.28. The van der Waals surface area contributed by atoms with Crippen molar-refractivity contribution in [3.8, 4) is 11.8 Å². The molecule has 2 amide bonds. The van der Waals surface area contributed by atoms with Gasteiger partial charge in [-0.3, -0.25) is 14.5 Å². The Bertz CT molecular complexity index is 544. The van der Waals surface area contributed by atoms with Crippen LogP contribution in [0.3, 0.4) is 0 Å². The zero-order chi connectivity index (χ0) is 14.7. The summed E-state index contributed by atoms with van der Waals surface area (Å²) in [7, 11) is 0. The van der Waals surface area contributed by atoms with Crippen molar-refractivity contribution < 1.29 is 14.7 Å². The van der Waals surface area contributed by atoms with Crippen LogP contribution in [0.5, 0.6) is 5.75 Å². The smallest absolute Gasteiger partial charge is 0.248 e. The first kappa shape index (κ1) is 13.9. The summed E-state index contributed by atoms with van der Waals surface area (Å²) >= 11 is 0. The van der Waals surface area contributed by atoms with Gasteiger partial charge in [0.1, 0.15) is 5.75 Å². The van der Waals surface area contributed by atoms with E-state index in [1.54, 1.807) is 24.0 Å². The summed E-state index contributed by atoms with van der Waals surface area (Å²) in [5.74, 6) is -0.858. The van der Waals surface area contributed by atoms with Crippen molar-refractivity contribution in [2.24, 2.45) is 5.92 Å². The van der Waals surface area contributed by atoms with E-state index in [1.807, 2.05) is 6.07 Å². The van der Waals surface area contributed by atoms with E-state index in [4.69, 9.17) is 5.26 Å². The molecule has 1 N–H and O–H groups in total. The van der Waals surface area contributed by atoms with E-state index in [1.165, 1.54) is 12.1 Å². The molecule has 104 valence electrons. The number of nitrogens with zero attached hydrogens (tertiary/aromatic N) is 3. The van der Waals surface area contributed by atoms with Crippen LogP contribution in [-0.2, 0) is 9.59 Å². The third kappa shape index (κ3) is 2.88. The van der Waals surface area contributed by atoms with Gasteiger partial charge in [0.25, 0.3) is 0 Å². The van der Waals surface area contributed by atoms with E-state index in [0.29, 0.717) is 5.69 Å². The standard InChI is InChI=1S/C14H15N3O3/c1-10(6-15)7-17-13(19)8-16(9-14(17)20)11-2-4-12(18)5-3-11/h2-5,10,18H,7-9H2,1H3. The molecular weight excluding hydrogens is 258 g/mol. The van der Waals surface area contributed by atoms with Crippen molar-refractivity contribution in [2.75, 3.05) is 24.5 Å². The molecule has 0 radical (unpaired) electrons.